The van der Waals surface area contributed by atoms with E-state index in [1.807, 2.05) is 18.3 Å². The first-order chi connectivity index (χ1) is 13.2. The second-order valence-electron chi connectivity index (χ2n) is 6.59. The van der Waals surface area contributed by atoms with E-state index in [0.29, 0.717) is 12.2 Å². The van der Waals surface area contributed by atoms with Gasteiger partial charge in [-0.1, -0.05) is 42.5 Å². The molecule has 0 fully saturated rings. The van der Waals surface area contributed by atoms with Gasteiger partial charge in [-0.15, -0.1) is 0 Å². The first-order valence-corrected chi connectivity index (χ1v) is 8.94. The lowest BCUT2D eigenvalue weighted by Crippen LogP contribution is -2.30. The zero-order chi connectivity index (χ0) is 18.6. The molecule has 6 heteroatoms. The predicted molar refractivity (Wildman–Crippen MR) is 106 cm³/mol. The van der Waals surface area contributed by atoms with Gasteiger partial charge < -0.3 is 10.2 Å². The Morgan fingerprint density at radius 2 is 1.81 bits per heavy atom. The van der Waals surface area contributed by atoms with Gasteiger partial charge in [0.2, 0.25) is 0 Å². The van der Waals surface area contributed by atoms with Crippen LogP contribution in [-0.4, -0.2) is 16.5 Å². The second-order valence-corrected chi connectivity index (χ2v) is 6.59. The summed E-state index contributed by atoms with van der Waals surface area (Å²) in [5.74, 6) is 0.957. The van der Waals surface area contributed by atoms with Crippen LogP contribution in [0.1, 0.15) is 16.7 Å². The van der Waals surface area contributed by atoms with Gasteiger partial charge in [0.25, 0.3) is 5.69 Å². The Bertz CT molecular complexity index is 956. The maximum atomic E-state index is 11.1. The van der Waals surface area contributed by atoms with Crippen LogP contribution in [-0.2, 0) is 19.5 Å². The highest BCUT2D eigenvalue weighted by atomic mass is 16.6. The van der Waals surface area contributed by atoms with Crippen molar-refractivity contribution in [2.24, 2.45) is 0 Å². The van der Waals surface area contributed by atoms with Crippen LogP contribution in [0.2, 0.25) is 0 Å². The Labute approximate surface area is 157 Å². The third-order valence-electron chi connectivity index (χ3n) is 4.85. The van der Waals surface area contributed by atoms with Crippen molar-refractivity contribution in [1.82, 2.24) is 4.98 Å². The summed E-state index contributed by atoms with van der Waals surface area (Å²) >= 11 is 0. The number of hydrogen-bond donors (Lipinski definition) is 1. The average Bonchev–Trinajstić information content (AvgIpc) is 2.72. The fraction of sp³-hybridized carbons (Fsp3) is 0.190. The van der Waals surface area contributed by atoms with Crippen molar-refractivity contribution in [1.29, 1.82) is 0 Å². The molecule has 0 amide bonds. The largest absolute Gasteiger partial charge is 0.375 e. The van der Waals surface area contributed by atoms with Crippen LogP contribution >= 0.6 is 0 Å². The van der Waals surface area contributed by atoms with Gasteiger partial charge >= 0.3 is 0 Å². The monoisotopic (exact) mass is 360 g/mol. The van der Waals surface area contributed by atoms with Gasteiger partial charge in [-0.2, -0.15) is 0 Å². The average molecular weight is 360 g/mol. The van der Waals surface area contributed by atoms with Crippen molar-refractivity contribution in [2.75, 3.05) is 16.8 Å². The van der Waals surface area contributed by atoms with Crippen molar-refractivity contribution in [3.63, 3.8) is 0 Å². The molecular weight excluding hydrogens is 340 g/mol. The molecule has 136 valence electrons. The Balaban J connectivity index is 1.42. The molecule has 0 saturated heterocycles. The van der Waals surface area contributed by atoms with E-state index in [0.717, 1.165) is 30.9 Å². The number of pyridine rings is 1. The number of nitro groups is 1. The molecule has 0 bridgehead atoms. The van der Waals surface area contributed by atoms with Crippen LogP contribution in [0.4, 0.5) is 17.2 Å². The zero-order valence-electron chi connectivity index (χ0n) is 14.8. The van der Waals surface area contributed by atoms with Gasteiger partial charge in [-0.3, -0.25) is 10.1 Å². The predicted octanol–water partition coefficient (Wildman–Crippen LogP) is 4.16. The summed E-state index contributed by atoms with van der Waals surface area (Å²) in [6.45, 7) is 2.32. The van der Waals surface area contributed by atoms with E-state index in [1.165, 1.54) is 17.2 Å². The summed E-state index contributed by atoms with van der Waals surface area (Å²) in [5, 5.41) is 14.2. The van der Waals surface area contributed by atoms with Crippen molar-refractivity contribution in [3.05, 3.63) is 93.7 Å². The summed E-state index contributed by atoms with van der Waals surface area (Å²) in [7, 11) is 0. The van der Waals surface area contributed by atoms with Crippen LogP contribution in [0.3, 0.4) is 0 Å². The van der Waals surface area contributed by atoms with E-state index in [2.05, 4.69) is 39.5 Å². The lowest BCUT2D eigenvalue weighted by atomic mass is 10.00. The fourth-order valence-corrected chi connectivity index (χ4v) is 3.38. The van der Waals surface area contributed by atoms with Gasteiger partial charge in [-0.05, 0) is 35.2 Å². The van der Waals surface area contributed by atoms with E-state index in [1.54, 1.807) is 18.2 Å². The number of nitro benzene ring substituents is 1. The summed E-state index contributed by atoms with van der Waals surface area (Å²) < 4.78 is 0. The van der Waals surface area contributed by atoms with Crippen molar-refractivity contribution in [3.8, 4) is 0 Å². The lowest BCUT2D eigenvalue weighted by molar-refractivity contribution is -0.384. The molecule has 1 aliphatic rings. The molecule has 0 spiro atoms. The van der Waals surface area contributed by atoms with E-state index >= 15 is 0 Å². The second kappa shape index (κ2) is 7.45. The van der Waals surface area contributed by atoms with Gasteiger partial charge in [0.15, 0.2) is 0 Å². The molecule has 27 heavy (non-hydrogen) atoms. The number of hydrogen-bond acceptors (Lipinski definition) is 5. The molecule has 0 aliphatic carbocycles. The summed E-state index contributed by atoms with van der Waals surface area (Å²) in [6.07, 6.45) is 2.86. The van der Waals surface area contributed by atoms with E-state index in [4.69, 9.17) is 0 Å². The third kappa shape index (κ3) is 3.74. The van der Waals surface area contributed by atoms with Crippen molar-refractivity contribution >= 4 is 17.2 Å². The van der Waals surface area contributed by atoms with Gasteiger partial charge in [0.1, 0.15) is 11.5 Å². The van der Waals surface area contributed by atoms with Gasteiger partial charge in [0, 0.05) is 31.9 Å². The summed E-state index contributed by atoms with van der Waals surface area (Å²) in [4.78, 5) is 17.6. The maximum Gasteiger partial charge on any atom is 0.292 e. The molecule has 0 unspecified atom stereocenters. The van der Waals surface area contributed by atoms with E-state index in [-0.39, 0.29) is 10.6 Å². The first kappa shape index (κ1) is 17.0. The molecule has 0 saturated carbocycles. The smallest absolute Gasteiger partial charge is 0.292 e. The lowest BCUT2D eigenvalue weighted by Gasteiger charge is -2.29. The van der Waals surface area contributed by atoms with Gasteiger partial charge in [0.05, 0.1) is 4.92 Å². The summed E-state index contributed by atoms with van der Waals surface area (Å²) in [6, 6.07) is 19.2. The molecule has 2 heterocycles. The van der Waals surface area contributed by atoms with Crippen LogP contribution in [0, 0.1) is 10.1 Å². The minimum atomic E-state index is -0.377. The molecule has 3 aromatic rings. The summed E-state index contributed by atoms with van der Waals surface area (Å²) in [5.41, 5.74) is 4.34. The Morgan fingerprint density at radius 1 is 1.04 bits per heavy atom. The highest BCUT2D eigenvalue weighted by Gasteiger charge is 2.17. The van der Waals surface area contributed by atoms with E-state index < -0.39 is 0 Å². The molecule has 1 N–H and O–H groups in total. The Morgan fingerprint density at radius 3 is 2.59 bits per heavy atom. The molecule has 2 aromatic carbocycles. The SMILES string of the molecule is O=[N+]([O-])c1ccccc1NCc1ccc(N2CCc3ccccc3C2)nc1. The molecule has 6 nitrogen and oxygen atoms in total. The van der Waals surface area contributed by atoms with Crippen LogP contribution in [0.5, 0.6) is 0 Å². The number of nitrogens with one attached hydrogen (secondary N) is 1. The molecule has 1 aliphatic heterocycles. The number of fused-ring (bicyclic) bond motifs is 1. The topological polar surface area (TPSA) is 71.3 Å². The molecule has 1 aromatic heterocycles. The number of nitrogens with zero attached hydrogens (tertiary/aromatic N) is 3. The standard InChI is InChI=1S/C21H20N4O2/c26-25(27)20-8-4-3-7-19(20)22-13-16-9-10-21(23-14-16)24-12-11-17-5-1-2-6-18(17)15-24/h1-10,14,22H,11-13,15H2. The van der Waals surface area contributed by atoms with Crippen molar-refractivity contribution < 1.29 is 4.92 Å². The minimum absolute atomic E-state index is 0.0778. The molecule has 4 rings (SSSR count). The number of aromatic nitrogens is 1. The quantitative estimate of drug-likeness (QED) is 0.546. The van der Waals surface area contributed by atoms with Crippen LogP contribution in [0.15, 0.2) is 66.9 Å². The normalized spacial score (nSPS) is 13.1. The highest BCUT2D eigenvalue weighted by Crippen LogP contribution is 2.25. The molecule has 0 atom stereocenters. The van der Waals surface area contributed by atoms with E-state index in [9.17, 15) is 10.1 Å². The van der Waals surface area contributed by atoms with Crippen LogP contribution in [0.25, 0.3) is 0 Å². The van der Waals surface area contributed by atoms with Gasteiger partial charge in [-0.25, -0.2) is 4.98 Å². The maximum absolute atomic E-state index is 11.1. The Hall–Kier alpha value is -3.41. The number of para-hydroxylation sites is 2. The number of benzene rings is 2. The number of rotatable bonds is 5. The van der Waals surface area contributed by atoms with Crippen molar-refractivity contribution in [2.45, 2.75) is 19.5 Å². The number of anilines is 2. The van der Waals surface area contributed by atoms with Crippen LogP contribution < -0.4 is 10.2 Å². The highest BCUT2D eigenvalue weighted by molar-refractivity contribution is 5.61. The zero-order valence-corrected chi connectivity index (χ0v) is 14.8. The fourth-order valence-electron chi connectivity index (χ4n) is 3.38. The first-order valence-electron chi connectivity index (χ1n) is 8.94. The molecular formula is C21H20N4O2. The third-order valence-corrected chi connectivity index (χ3v) is 4.85. The minimum Gasteiger partial charge on any atom is -0.375 e. The Kier molecular flexibility index (Phi) is 4.70. The molecule has 0 radical (unpaired) electrons.